The molecular weight excluding hydrogens is 473 g/mol. The molecule has 0 saturated heterocycles. The molecule has 3 heterocycles. The van der Waals surface area contributed by atoms with Crippen molar-refractivity contribution in [2.24, 2.45) is 10.1 Å². The third-order valence-electron chi connectivity index (χ3n) is 5.81. The topological polar surface area (TPSA) is 73.8 Å². The SMILES string of the molecule is Cc1c(Cl)cccc1-n1c(C)cc(/C=C2/C(=N)N3N=C(c4ccccc4F)SC3=NC2=O)c1C. The lowest BCUT2D eigenvalue weighted by Gasteiger charge is -2.20. The molecule has 3 aromatic rings. The summed E-state index contributed by atoms with van der Waals surface area (Å²) in [5, 5.41) is 15.5. The normalized spacial score (nSPS) is 16.7. The molecule has 0 atom stereocenters. The third kappa shape index (κ3) is 3.59. The highest BCUT2D eigenvalue weighted by Gasteiger charge is 2.36. The summed E-state index contributed by atoms with van der Waals surface area (Å²) in [6, 6.07) is 13.9. The van der Waals surface area contributed by atoms with Crippen LogP contribution in [-0.4, -0.2) is 31.5 Å². The van der Waals surface area contributed by atoms with Crippen LogP contribution in [0.5, 0.6) is 0 Å². The summed E-state index contributed by atoms with van der Waals surface area (Å²) in [6.07, 6.45) is 1.66. The van der Waals surface area contributed by atoms with Crippen molar-refractivity contribution in [2.45, 2.75) is 20.8 Å². The monoisotopic (exact) mass is 491 g/mol. The van der Waals surface area contributed by atoms with E-state index in [1.165, 1.54) is 11.1 Å². The second-order valence-corrected chi connectivity index (χ2v) is 9.31. The Hall–Kier alpha value is -3.49. The van der Waals surface area contributed by atoms with Crippen molar-refractivity contribution in [3.63, 3.8) is 0 Å². The van der Waals surface area contributed by atoms with Crippen molar-refractivity contribution in [2.75, 3.05) is 0 Å². The molecule has 0 radical (unpaired) electrons. The van der Waals surface area contributed by atoms with Gasteiger partial charge in [0, 0.05) is 27.7 Å². The number of nitrogens with zero attached hydrogens (tertiary/aromatic N) is 4. The number of aryl methyl sites for hydroxylation is 1. The number of nitrogens with one attached hydrogen (secondary N) is 1. The highest BCUT2D eigenvalue weighted by Crippen LogP contribution is 2.33. The van der Waals surface area contributed by atoms with Crippen LogP contribution in [0.4, 0.5) is 4.39 Å². The van der Waals surface area contributed by atoms with Crippen molar-refractivity contribution in [3.05, 3.63) is 93.0 Å². The van der Waals surface area contributed by atoms with Crippen LogP contribution in [-0.2, 0) is 4.79 Å². The average Bonchev–Trinajstić information content (AvgIpc) is 3.34. The van der Waals surface area contributed by atoms with Crippen LogP contribution in [0.15, 0.2) is 64.2 Å². The number of fused-ring (bicyclic) bond motifs is 1. The Morgan fingerprint density at radius 3 is 2.65 bits per heavy atom. The number of aliphatic imine (C=N–C) groups is 1. The van der Waals surface area contributed by atoms with Crippen molar-refractivity contribution < 1.29 is 9.18 Å². The fourth-order valence-electron chi connectivity index (χ4n) is 4.03. The maximum absolute atomic E-state index is 14.2. The molecular formula is C25H19ClFN5OS. The number of halogens is 2. The molecule has 0 unspecified atom stereocenters. The Labute approximate surface area is 205 Å². The molecule has 0 fully saturated rings. The molecule has 0 saturated carbocycles. The van der Waals surface area contributed by atoms with Crippen molar-refractivity contribution in [1.82, 2.24) is 9.58 Å². The van der Waals surface area contributed by atoms with E-state index in [1.807, 2.05) is 45.0 Å². The van der Waals surface area contributed by atoms with E-state index < -0.39 is 11.7 Å². The minimum absolute atomic E-state index is 0.0995. The first-order valence-corrected chi connectivity index (χ1v) is 11.6. The minimum atomic E-state index is -0.530. The summed E-state index contributed by atoms with van der Waals surface area (Å²) in [4.78, 5) is 17.0. The van der Waals surface area contributed by atoms with Crippen LogP contribution in [0.3, 0.4) is 0 Å². The number of carbonyl (C=O) groups is 1. The molecule has 1 amide bonds. The van der Waals surface area contributed by atoms with Gasteiger partial charge in [-0.1, -0.05) is 29.8 Å². The molecule has 170 valence electrons. The highest BCUT2D eigenvalue weighted by molar-refractivity contribution is 8.27. The number of amidine groups is 2. The molecule has 9 heteroatoms. The van der Waals surface area contributed by atoms with Gasteiger partial charge in [-0.25, -0.2) is 4.39 Å². The number of thioether (sulfide) groups is 1. The Morgan fingerprint density at radius 2 is 1.88 bits per heavy atom. The van der Waals surface area contributed by atoms with E-state index >= 15 is 0 Å². The molecule has 2 aromatic carbocycles. The van der Waals surface area contributed by atoms with Gasteiger partial charge in [0.1, 0.15) is 10.9 Å². The highest BCUT2D eigenvalue weighted by atomic mass is 35.5. The van der Waals surface area contributed by atoms with E-state index in [9.17, 15) is 9.18 Å². The first-order chi connectivity index (χ1) is 16.3. The number of amides is 1. The van der Waals surface area contributed by atoms with E-state index in [1.54, 1.807) is 24.3 Å². The predicted molar refractivity (Wildman–Crippen MR) is 136 cm³/mol. The van der Waals surface area contributed by atoms with Gasteiger partial charge in [0.25, 0.3) is 5.91 Å². The first kappa shape index (κ1) is 22.3. The number of hydrogen-bond donors (Lipinski definition) is 1. The van der Waals surface area contributed by atoms with Gasteiger partial charge in [0.2, 0.25) is 5.17 Å². The third-order valence-corrected chi connectivity index (χ3v) is 7.16. The summed E-state index contributed by atoms with van der Waals surface area (Å²) >= 11 is 7.40. The zero-order valence-corrected chi connectivity index (χ0v) is 20.1. The lowest BCUT2D eigenvalue weighted by molar-refractivity contribution is -0.114. The molecule has 0 bridgehead atoms. The molecule has 2 aliphatic rings. The smallest absolute Gasteiger partial charge is 0.283 e. The zero-order chi connectivity index (χ0) is 24.1. The van der Waals surface area contributed by atoms with E-state index in [2.05, 4.69) is 14.7 Å². The zero-order valence-electron chi connectivity index (χ0n) is 18.6. The van der Waals surface area contributed by atoms with Gasteiger partial charge in [0.15, 0.2) is 5.84 Å². The standard InChI is InChI=1S/C25H19ClFN5OS/c1-13-11-16(15(3)31(13)21-10-6-8-19(26)14(21)2)12-18-22(28)32-25(29-23(18)33)34-24(30-32)17-7-4-5-9-20(17)27/h4-12,28H,1-3H3/b18-12-,28-22?. The Balaban J connectivity index is 1.54. The maximum atomic E-state index is 14.2. The molecule has 0 aliphatic carbocycles. The summed E-state index contributed by atoms with van der Waals surface area (Å²) in [6.45, 7) is 5.88. The summed E-state index contributed by atoms with van der Waals surface area (Å²) in [7, 11) is 0. The number of hydrazone groups is 1. The van der Waals surface area contributed by atoms with Crippen LogP contribution >= 0.6 is 23.4 Å². The van der Waals surface area contributed by atoms with E-state index in [0.29, 0.717) is 15.6 Å². The molecule has 0 spiro atoms. The largest absolute Gasteiger partial charge is 0.318 e. The van der Waals surface area contributed by atoms with Gasteiger partial charge in [-0.05, 0) is 80.1 Å². The Kier molecular flexibility index (Phi) is 5.50. The van der Waals surface area contributed by atoms with Crippen LogP contribution in [0.25, 0.3) is 11.8 Å². The molecule has 1 aromatic heterocycles. The van der Waals surface area contributed by atoms with Gasteiger partial charge in [-0.15, -0.1) is 0 Å². The fraction of sp³-hybridized carbons (Fsp3) is 0.120. The molecule has 5 rings (SSSR count). The quantitative estimate of drug-likeness (QED) is 0.466. The number of rotatable bonds is 3. The Morgan fingerprint density at radius 1 is 1.12 bits per heavy atom. The van der Waals surface area contributed by atoms with Gasteiger partial charge >= 0.3 is 0 Å². The van der Waals surface area contributed by atoms with E-state index in [4.69, 9.17) is 17.0 Å². The summed E-state index contributed by atoms with van der Waals surface area (Å²) in [5.74, 6) is -1.05. The Bertz CT molecular complexity index is 1490. The van der Waals surface area contributed by atoms with Gasteiger partial charge in [-0.3, -0.25) is 10.2 Å². The first-order valence-electron chi connectivity index (χ1n) is 10.5. The van der Waals surface area contributed by atoms with Gasteiger partial charge in [-0.2, -0.15) is 15.1 Å². The van der Waals surface area contributed by atoms with Gasteiger partial charge < -0.3 is 4.57 Å². The molecule has 34 heavy (non-hydrogen) atoms. The summed E-state index contributed by atoms with van der Waals surface area (Å²) < 4.78 is 16.3. The number of aromatic nitrogens is 1. The molecule has 1 N–H and O–H groups in total. The van der Waals surface area contributed by atoms with Crippen molar-refractivity contribution in [3.8, 4) is 5.69 Å². The number of benzene rings is 2. The van der Waals surface area contributed by atoms with E-state index in [-0.39, 0.29) is 16.6 Å². The second kappa shape index (κ2) is 8.38. The van der Waals surface area contributed by atoms with Crippen LogP contribution < -0.4 is 0 Å². The lowest BCUT2D eigenvalue weighted by atomic mass is 10.1. The van der Waals surface area contributed by atoms with Crippen LogP contribution in [0.1, 0.15) is 28.1 Å². The van der Waals surface area contributed by atoms with Crippen LogP contribution in [0.2, 0.25) is 5.02 Å². The van der Waals surface area contributed by atoms with Crippen LogP contribution in [0, 0.1) is 32.0 Å². The number of hydrogen-bond acceptors (Lipinski definition) is 4. The molecule has 6 nitrogen and oxygen atoms in total. The predicted octanol–water partition coefficient (Wildman–Crippen LogP) is 5.86. The van der Waals surface area contributed by atoms with Crippen molar-refractivity contribution >= 4 is 51.4 Å². The fourth-order valence-corrected chi connectivity index (χ4v) is 5.12. The van der Waals surface area contributed by atoms with Crippen molar-refractivity contribution in [1.29, 1.82) is 5.41 Å². The lowest BCUT2D eigenvalue weighted by Crippen LogP contribution is -2.35. The minimum Gasteiger partial charge on any atom is -0.318 e. The van der Waals surface area contributed by atoms with Gasteiger partial charge in [0.05, 0.1) is 5.57 Å². The summed E-state index contributed by atoms with van der Waals surface area (Å²) in [5.41, 5.74) is 4.97. The maximum Gasteiger partial charge on any atom is 0.283 e. The average molecular weight is 492 g/mol. The van der Waals surface area contributed by atoms with E-state index in [0.717, 1.165) is 40.0 Å². The number of carbonyl (C=O) groups excluding carboxylic acids is 1. The molecule has 2 aliphatic heterocycles. The second-order valence-electron chi connectivity index (χ2n) is 7.95.